The van der Waals surface area contributed by atoms with E-state index in [-0.39, 0.29) is 10.8 Å². The Labute approximate surface area is 173 Å². The average molecular weight is 400 g/mol. The number of aromatic nitrogens is 1. The first-order chi connectivity index (χ1) is 13.2. The summed E-state index contributed by atoms with van der Waals surface area (Å²) in [5.74, 6) is 0. The number of nitrogens with zero attached hydrogens (tertiary/aromatic N) is 2. The monoisotopic (exact) mass is 399 g/mol. The standard InChI is InChI=1S/C24H38N3P/c1-23(2,3)21-13-11-19(27-21)17-25-15-9-7-8-10-16-26-18-20-12-14-22(28-20)24(4,5)6/h11-14,17-18,27-28H,7-10,15-16H2,1-6H3. The molecule has 0 aliphatic heterocycles. The predicted molar refractivity (Wildman–Crippen MR) is 128 cm³/mol. The molecule has 0 fully saturated rings. The van der Waals surface area contributed by atoms with E-state index in [1.54, 1.807) is 0 Å². The molecule has 1 N–H and O–H groups in total. The van der Waals surface area contributed by atoms with Crippen molar-refractivity contribution >= 4 is 20.6 Å². The molecule has 0 amide bonds. The van der Waals surface area contributed by atoms with Gasteiger partial charge in [-0.1, -0.05) is 60.5 Å². The zero-order valence-corrected chi connectivity index (χ0v) is 19.6. The van der Waals surface area contributed by atoms with E-state index in [1.807, 2.05) is 6.21 Å². The van der Waals surface area contributed by atoms with Gasteiger partial charge in [0, 0.05) is 41.9 Å². The van der Waals surface area contributed by atoms with Crippen LogP contribution in [0.5, 0.6) is 0 Å². The summed E-state index contributed by atoms with van der Waals surface area (Å²) in [5, 5.41) is 2.90. The third-order valence-electron chi connectivity index (χ3n) is 4.82. The number of nitrogens with one attached hydrogen (secondary N) is 1. The summed E-state index contributed by atoms with van der Waals surface area (Å²) in [6.45, 7) is 15.3. The van der Waals surface area contributed by atoms with Crippen LogP contribution in [-0.2, 0) is 10.8 Å². The van der Waals surface area contributed by atoms with E-state index in [4.69, 9.17) is 0 Å². The lowest BCUT2D eigenvalue weighted by Crippen LogP contribution is -2.11. The van der Waals surface area contributed by atoms with Gasteiger partial charge in [-0.05, 0) is 41.8 Å². The van der Waals surface area contributed by atoms with Gasteiger partial charge in [-0.2, -0.15) is 0 Å². The number of hydrogen-bond acceptors (Lipinski definition) is 2. The van der Waals surface area contributed by atoms with Crippen molar-refractivity contribution in [1.29, 1.82) is 0 Å². The minimum atomic E-state index is 0.161. The van der Waals surface area contributed by atoms with Crippen LogP contribution in [0.4, 0.5) is 0 Å². The van der Waals surface area contributed by atoms with Crippen molar-refractivity contribution in [2.24, 2.45) is 9.98 Å². The number of H-pyrrole nitrogens is 1. The van der Waals surface area contributed by atoms with Crippen molar-refractivity contribution < 1.29 is 0 Å². The maximum absolute atomic E-state index is 4.61. The maximum atomic E-state index is 4.61. The predicted octanol–water partition coefficient (Wildman–Crippen LogP) is 6.74. The molecule has 0 bridgehead atoms. The molecule has 0 spiro atoms. The minimum Gasteiger partial charge on any atom is -0.357 e. The first kappa shape index (κ1) is 22.7. The summed E-state index contributed by atoms with van der Waals surface area (Å²) in [6.07, 6.45) is 8.83. The van der Waals surface area contributed by atoms with E-state index in [2.05, 4.69) is 87.0 Å². The molecule has 0 aliphatic rings. The van der Waals surface area contributed by atoms with Crippen LogP contribution in [0.25, 0.3) is 0 Å². The van der Waals surface area contributed by atoms with Crippen LogP contribution in [0.1, 0.15) is 89.2 Å². The first-order valence-corrected chi connectivity index (χ1v) is 11.5. The van der Waals surface area contributed by atoms with E-state index in [0.717, 1.165) is 33.4 Å². The normalized spacial score (nSPS) is 13.5. The second-order valence-corrected chi connectivity index (χ2v) is 11.0. The molecule has 0 saturated carbocycles. The van der Waals surface area contributed by atoms with Crippen LogP contribution < -0.4 is 0 Å². The minimum absolute atomic E-state index is 0.161. The molecule has 2 aromatic heterocycles. The van der Waals surface area contributed by atoms with Crippen LogP contribution in [0, 0.1) is 0 Å². The van der Waals surface area contributed by atoms with Gasteiger partial charge in [0.15, 0.2) is 0 Å². The van der Waals surface area contributed by atoms with Gasteiger partial charge in [0.2, 0.25) is 0 Å². The summed E-state index contributed by atoms with van der Waals surface area (Å²) in [6, 6.07) is 8.78. The highest BCUT2D eigenvalue weighted by atomic mass is 31.0. The van der Waals surface area contributed by atoms with Crippen LogP contribution >= 0.6 is 8.19 Å². The first-order valence-electron chi connectivity index (χ1n) is 10.5. The molecule has 0 radical (unpaired) electrons. The van der Waals surface area contributed by atoms with E-state index in [9.17, 15) is 0 Å². The molecule has 0 aliphatic carbocycles. The topological polar surface area (TPSA) is 40.5 Å². The van der Waals surface area contributed by atoms with Gasteiger partial charge in [0.05, 0.1) is 5.69 Å². The van der Waals surface area contributed by atoms with Gasteiger partial charge in [-0.3, -0.25) is 9.98 Å². The quantitative estimate of drug-likeness (QED) is 0.358. The van der Waals surface area contributed by atoms with Gasteiger partial charge in [0.1, 0.15) is 0 Å². The van der Waals surface area contributed by atoms with E-state index < -0.39 is 0 Å². The highest BCUT2D eigenvalue weighted by molar-refractivity contribution is 7.33. The largest absolute Gasteiger partial charge is 0.357 e. The second-order valence-electron chi connectivity index (χ2n) is 9.64. The molecule has 2 rings (SSSR count). The summed E-state index contributed by atoms with van der Waals surface area (Å²) >= 11 is 0. The van der Waals surface area contributed by atoms with Crippen LogP contribution in [0.15, 0.2) is 34.3 Å². The SMILES string of the molecule is CC(C)(C)c1ccc(C=NCCCCCCN=Cc2ccc(C(C)(C)C)[pH]2)[nH]1. The smallest absolute Gasteiger partial charge is 0.0564 e. The Balaban J connectivity index is 1.56. The number of hydrogen-bond donors (Lipinski definition) is 1. The fourth-order valence-corrected chi connectivity index (χ4v) is 4.11. The van der Waals surface area contributed by atoms with Gasteiger partial charge in [-0.25, -0.2) is 0 Å². The maximum Gasteiger partial charge on any atom is 0.0564 e. The van der Waals surface area contributed by atoms with Crippen molar-refractivity contribution in [3.63, 3.8) is 0 Å². The Morgan fingerprint density at radius 1 is 0.786 bits per heavy atom. The van der Waals surface area contributed by atoms with Crippen molar-refractivity contribution in [3.8, 4) is 0 Å². The molecule has 28 heavy (non-hydrogen) atoms. The van der Waals surface area contributed by atoms with E-state index in [1.165, 1.54) is 35.5 Å². The molecule has 1 atom stereocenters. The lowest BCUT2D eigenvalue weighted by atomic mass is 9.93. The third kappa shape index (κ3) is 7.80. The van der Waals surface area contributed by atoms with Crippen LogP contribution in [-0.4, -0.2) is 30.5 Å². The molecule has 0 aromatic carbocycles. The van der Waals surface area contributed by atoms with Gasteiger partial charge in [0.25, 0.3) is 0 Å². The van der Waals surface area contributed by atoms with Gasteiger partial charge < -0.3 is 4.98 Å². The lowest BCUT2D eigenvalue weighted by Gasteiger charge is -2.16. The van der Waals surface area contributed by atoms with Crippen molar-refractivity contribution in [3.05, 3.63) is 46.2 Å². The van der Waals surface area contributed by atoms with E-state index in [0.29, 0.717) is 0 Å². The molecule has 0 saturated heterocycles. The third-order valence-corrected chi connectivity index (χ3v) is 6.59. The van der Waals surface area contributed by atoms with Crippen molar-refractivity contribution in [1.82, 2.24) is 4.98 Å². The number of rotatable bonds is 9. The number of aromatic amines is 1. The summed E-state index contributed by atoms with van der Waals surface area (Å²) in [5.41, 5.74) is 2.80. The Kier molecular flexibility index (Phi) is 8.31. The Morgan fingerprint density at radius 2 is 1.43 bits per heavy atom. The highest BCUT2D eigenvalue weighted by Crippen LogP contribution is 2.32. The zero-order valence-electron chi connectivity index (χ0n) is 18.6. The fraction of sp³-hybridized carbons (Fsp3) is 0.583. The van der Waals surface area contributed by atoms with Crippen LogP contribution in [0.2, 0.25) is 0 Å². The molecular weight excluding hydrogens is 361 g/mol. The van der Waals surface area contributed by atoms with Crippen molar-refractivity contribution in [2.75, 3.05) is 13.1 Å². The van der Waals surface area contributed by atoms with Crippen molar-refractivity contribution in [2.45, 2.75) is 78.1 Å². The highest BCUT2D eigenvalue weighted by Gasteiger charge is 2.15. The van der Waals surface area contributed by atoms with Gasteiger partial charge >= 0.3 is 0 Å². The Bertz CT molecular complexity index is 700. The molecular formula is C24H38N3P. The summed E-state index contributed by atoms with van der Waals surface area (Å²) < 4.78 is 0. The van der Waals surface area contributed by atoms with Crippen LogP contribution in [0.3, 0.4) is 0 Å². The average Bonchev–Trinajstić information content (AvgIpc) is 3.25. The Morgan fingerprint density at radius 3 is 1.96 bits per heavy atom. The number of unbranched alkanes of at least 4 members (excludes halogenated alkanes) is 3. The van der Waals surface area contributed by atoms with Gasteiger partial charge in [-0.15, -0.1) is 8.19 Å². The van der Waals surface area contributed by atoms with E-state index >= 15 is 0 Å². The molecule has 2 aromatic rings. The second kappa shape index (κ2) is 10.3. The Hall–Kier alpha value is -1.60. The molecule has 2 heterocycles. The molecule has 1 unspecified atom stereocenters. The fourth-order valence-electron chi connectivity index (χ4n) is 2.94. The molecule has 4 heteroatoms. The summed E-state index contributed by atoms with van der Waals surface area (Å²) in [7, 11) is 0.795. The zero-order chi connectivity index (χ0) is 20.6. The molecule has 154 valence electrons. The molecule has 3 nitrogen and oxygen atoms in total. The summed E-state index contributed by atoms with van der Waals surface area (Å²) in [4.78, 5) is 12.6. The number of aliphatic imine (C=N–C) groups is 2. The lowest BCUT2D eigenvalue weighted by molar-refractivity contribution is 0.572.